The molecule has 1 aliphatic heterocycles. The number of nitrogens with one attached hydrogen (secondary N) is 2. The number of aliphatic hydroxyl groups is 1. The number of ether oxygens (including phenoxy) is 3. The van der Waals surface area contributed by atoms with Crippen LogP contribution in [0.25, 0.3) is 0 Å². The maximum absolute atomic E-state index is 13.7. The molecule has 0 radical (unpaired) electrons. The van der Waals surface area contributed by atoms with Crippen LogP contribution in [0.1, 0.15) is 43.8 Å². The van der Waals surface area contributed by atoms with Crippen LogP contribution in [0.2, 0.25) is 0 Å². The normalized spacial score (nSPS) is 19.6. The first-order valence-electron chi connectivity index (χ1n) is 15.3. The fourth-order valence-electron chi connectivity index (χ4n) is 5.81. The highest BCUT2D eigenvalue weighted by molar-refractivity contribution is 14.1. The van der Waals surface area contributed by atoms with E-state index in [1.54, 1.807) is 36.4 Å². The molecule has 9 nitrogen and oxygen atoms in total. The van der Waals surface area contributed by atoms with E-state index in [1.165, 1.54) is 0 Å². The molecule has 2 aliphatic rings. The standard InChI is InChI=1S/C37H33IN2O7/c38-30-17-8-7-16-29(30)36(44)45-31-21-26(35(43)40-23-24-10-9-11-25(20-24)34(42)39-18-19-41)22-32-33(31)47-37(46-32,27-12-3-1-4-13-27)28-14-5-2-6-15-28/h1-17,20,22,31-33,41H,18-19,21,23H2,(H,39,42)(H,40,43)/t31-,32-,33+/m1/s1. The topological polar surface area (TPSA) is 123 Å². The van der Waals surface area contributed by atoms with Gasteiger partial charge in [0.1, 0.15) is 18.3 Å². The largest absolute Gasteiger partial charge is 0.455 e. The molecule has 0 aromatic heterocycles. The highest BCUT2D eigenvalue weighted by Gasteiger charge is 2.55. The van der Waals surface area contributed by atoms with Gasteiger partial charge in [-0.25, -0.2) is 4.79 Å². The summed E-state index contributed by atoms with van der Waals surface area (Å²) in [5.74, 6) is -2.49. The van der Waals surface area contributed by atoms with Crippen LogP contribution in [0.15, 0.2) is 121 Å². The minimum atomic E-state index is -1.30. The second-order valence-electron chi connectivity index (χ2n) is 11.2. The SMILES string of the molecule is O=C(NCc1cccc(C(=O)NCCO)c1)C1=C[C@H]2OC(c3ccccc3)(c3ccccc3)O[C@H]2[C@H](OC(=O)c2ccccc2I)C1. The molecule has 1 aliphatic carbocycles. The minimum absolute atomic E-state index is 0.106. The highest BCUT2D eigenvalue weighted by atomic mass is 127. The van der Waals surface area contributed by atoms with Crippen molar-refractivity contribution in [2.24, 2.45) is 0 Å². The third-order valence-corrected chi connectivity index (χ3v) is 9.01. The Balaban J connectivity index is 1.29. The molecule has 1 fully saturated rings. The van der Waals surface area contributed by atoms with Gasteiger partial charge in [0.05, 0.1) is 12.2 Å². The zero-order chi connectivity index (χ0) is 32.8. The zero-order valence-corrected chi connectivity index (χ0v) is 27.5. The Bertz CT molecular complexity index is 1740. The van der Waals surface area contributed by atoms with E-state index in [2.05, 4.69) is 33.2 Å². The van der Waals surface area contributed by atoms with Crippen molar-refractivity contribution in [1.29, 1.82) is 0 Å². The summed E-state index contributed by atoms with van der Waals surface area (Å²) >= 11 is 2.10. The van der Waals surface area contributed by atoms with E-state index >= 15 is 0 Å². The molecule has 240 valence electrons. The molecule has 3 N–H and O–H groups in total. The number of hydrogen-bond acceptors (Lipinski definition) is 7. The number of rotatable bonds is 10. The molecular formula is C37H33IN2O7. The van der Waals surface area contributed by atoms with Crippen LogP contribution in [-0.2, 0) is 31.3 Å². The molecule has 2 amide bonds. The number of aliphatic hydroxyl groups excluding tert-OH is 1. The number of carbonyl (C=O) groups excluding carboxylic acids is 3. The van der Waals surface area contributed by atoms with Gasteiger partial charge in [-0.2, -0.15) is 0 Å². The number of hydrogen-bond donors (Lipinski definition) is 3. The Morgan fingerprint density at radius 3 is 2.19 bits per heavy atom. The smallest absolute Gasteiger partial charge is 0.339 e. The van der Waals surface area contributed by atoms with Gasteiger partial charge >= 0.3 is 5.97 Å². The third kappa shape index (κ3) is 7.15. The van der Waals surface area contributed by atoms with Gasteiger partial charge < -0.3 is 30.0 Å². The lowest BCUT2D eigenvalue weighted by Gasteiger charge is -2.31. The van der Waals surface area contributed by atoms with Gasteiger partial charge in [0.25, 0.3) is 5.91 Å². The predicted octanol–water partition coefficient (Wildman–Crippen LogP) is 4.87. The van der Waals surface area contributed by atoms with Gasteiger partial charge in [-0.1, -0.05) is 84.9 Å². The van der Waals surface area contributed by atoms with Gasteiger partial charge in [-0.15, -0.1) is 0 Å². The van der Waals surface area contributed by atoms with Crippen molar-refractivity contribution in [3.63, 3.8) is 0 Å². The lowest BCUT2D eigenvalue weighted by molar-refractivity contribution is -0.157. The maximum Gasteiger partial charge on any atom is 0.339 e. The number of fused-ring (bicyclic) bond motifs is 1. The number of esters is 1. The van der Waals surface area contributed by atoms with Crippen molar-refractivity contribution in [3.8, 4) is 0 Å². The first kappa shape index (κ1) is 32.6. The number of halogens is 1. The summed E-state index contributed by atoms with van der Waals surface area (Å²) in [4.78, 5) is 39.5. The molecule has 1 saturated heterocycles. The molecule has 10 heteroatoms. The second kappa shape index (κ2) is 14.6. The van der Waals surface area contributed by atoms with E-state index in [1.807, 2.05) is 78.9 Å². The van der Waals surface area contributed by atoms with E-state index in [0.717, 1.165) is 20.3 Å². The number of benzene rings is 4. The summed E-state index contributed by atoms with van der Waals surface area (Å²) < 4.78 is 20.4. The van der Waals surface area contributed by atoms with Gasteiger partial charge in [0.15, 0.2) is 0 Å². The molecule has 0 bridgehead atoms. The lowest BCUT2D eigenvalue weighted by Crippen LogP contribution is -2.43. The molecule has 47 heavy (non-hydrogen) atoms. The first-order valence-corrected chi connectivity index (χ1v) is 16.3. The summed E-state index contributed by atoms with van der Waals surface area (Å²) in [6.45, 7) is 0.145. The second-order valence-corrected chi connectivity index (χ2v) is 12.4. The van der Waals surface area contributed by atoms with Gasteiger partial charge in [0, 0.05) is 45.3 Å². The van der Waals surface area contributed by atoms with E-state index < -0.39 is 30.1 Å². The Labute approximate surface area is 286 Å². The van der Waals surface area contributed by atoms with Crippen LogP contribution in [0.3, 0.4) is 0 Å². The van der Waals surface area contributed by atoms with Gasteiger partial charge in [-0.3, -0.25) is 9.59 Å². The molecule has 4 aromatic carbocycles. The van der Waals surface area contributed by atoms with Crippen molar-refractivity contribution < 1.29 is 33.7 Å². The molecule has 1 heterocycles. The third-order valence-electron chi connectivity index (χ3n) is 8.07. The van der Waals surface area contributed by atoms with Crippen LogP contribution >= 0.6 is 22.6 Å². The number of amides is 2. The fraction of sp³-hybridized carbons (Fsp3) is 0.216. The van der Waals surface area contributed by atoms with Gasteiger partial charge in [-0.05, 0) is 58.5 Å². The molecule has 0 unspecified atom stereocenters. The highest BCUT2D eigenvalue weighted by Crippen LogP contribution is 2.47. The molecule has 6 rings (SSSR count). The Morgan fingerprint density at radius 1 is 0.830 bits per heavy atom. The van der Waals surface area contributed by atoms with Gasteiger partial charge in [0.2, 0.25) is 11.7 Å². The summed E-state index contributed by atoms with van der Waals surface area (Å²) in [5.41, 5.74) is 3.49. The average Bonchev–Trinajstić information content (AvgIpc) is 3.52. The maximum atomic E-state index is 13.7. The predicted molar refractivity (Wildman–Crippen MR) is 182 cm³/mol. The summed E-state index contributed by atoms with van der Waals surface area (Å²) in [7, 11) is 0. The van der Waals surface area contributed by atoms with Crippen molar-refractivity contribution in [2.75, 3.05) is 13.2 Å². The van der Waals surface area contributed by atoms with Crippen LogP contribution < -0.4 is 10.6 Å². The Hall–Kier alpha value is -4.36. The average molecular weight is 745 g/mol. The lowest BCUT2D eigenvalue weighted by atomic mass is 9.91. The van der Waals surface area contributed by atoms with E-state index in [4.69, 9.17) is 19.3 Å². The fourth-order valence-corrected chi connectivity index (χ4v) is 6.42. The molecule has 0 spiro atoms. The van der Waals surface area contributed by atoms with E-state index in [0.29, 0.717) is 16.7 Å². The van der Waals surface area contributed by atoms with Crippen LogP contribution in [-0.4, -0.2) is 54.4 Å². The Morgan fingerprint density at radius 2 is 1.51 bits per heavy atom. The molecule has 3 atom stereocenters. The first-order chi connectivity index (χ1) is 22.9. The van der Waals surface area contributed by atoms with Crippen molar-refractivity contribution in [3.05, 3.63) is 152 Å². The van der Waals surface area contributed by atoms with E-state index in [9.17, 15) is 14.4 Å². The quantitative estimate of drug-likeness (QED) is 0.157. The summed E-state index contributed by atoms with van der Waals surface area (Å²) in [6.07, 6.45) is -0.387. The zero-order valence-electron chi connectivity index (χ0n) is 25.3. The Kier molecular flexibility index (Phi) is 10.1. The van der Waals surface area contributed by atoms with Crippen molar-refractivity contribution in [1.82, 2.24) is 10.6 Å². The monoisotopic (exact) mass is 744 g/mol. The van der Waals surface area contributed by atoms with Crippen LogP contribution in [0, 0.1) is 3.57 Å². The summed E-state index contributed by atoms with van der Waals surface area (Å²) in [6, 6.07) is 33.2. The molecular weight excluding hydrogens is 711 g/mol. The van der Waals surface area contributed by atoms with E-state index in [-0.39, 0.29) is 37.9 Å². The molecule has 0 saturated carbocycles. The summed E-state index contributed by atoms with van der Waals surface area (Å²) in [5, 5.41) is 14.6. The number of carbonyl (C=O) groups is 3. The molecule has 4 aromatic rings. The van der Waals surface area contributed by atoms with Crippen LogP contribution in [0.5, 0.6) is 0 Å². The van der Waals surface area contributed by atoms with Crippen molar-refractivity contribution >= 4 is 40.4 Å². The minimum Gasteiger partial charge on any atom is -0.455 e. The van der Waals surface area contributed by atoms with Crippen LogP contribution in [0.4, 0.5) is 0 Å². The van der Waals surface area contributed by atoms with Crippen molar-refractivity contribution in [2.45, 2.75) is 37.1 Å².